The molecule has 1 aromatic carbocycles. The molecule has 2 nitrogen and oxygen atoms in total. The Kier molecular flexibility index (Phi) is 4.18. The molecular formula is C15H20BrClN2. The molecule has 1 saturated heterocycles. The van der Waals surface area contributed by atoms with Gasteiger partial charge in [0.05, 0.1) is 5.02 Å². The molecule has 104 valence electrons. The van der Waals surface area contributed by atoms with Gasteiger partial charge < -0.3 is 5.73 Å². The van der Waals surface area contributed by atoms with Crippen molar-refractivity contribution in [3.05, 3.63) is 33.3 Å². The fourth-order valence-corrected chi connectivity index (χ4v) is 3.84. The molecule has 0 aromatic heterocycles. The van der Waals surface area contributed by atoms with Crippen molar-refractivity contribution in [2.45, 2.75) is 37.8 Å². The van der Waals surface area contributed by atoms with Crippen molar-refractivity contribution in [3.63, 3.8) is 0 Å². The summed E-state index contributed by atoms with van der Waals surface area (Å²) in [5.74, 6) is 0.572. The molecule has 4 heteroatoms. The van der Waals surface area contributed by atoms with E-state index in [9.17, 15) is 0 Å². The highest BCUT2D eigenvalue weighted by atomic mass is 79.9. The van der Waals surface area contributed by atoms with Crippen LogP contribution in [0.1, 0.15) is 37.3 Å². The molecule has 0 amide bonds. The van der Waals surface area contributed by atoms with Crippen LogP contribution < -0.4 is 5.73 Å². The lowest BCUT2D eigenvalue weighted by Crippen LogP contribution is -2.42. The first kappa shape index (κ1) is 13.9. The Bertz CT molecular complexity index is 461. The third kappa shape index (κ3) is 2.85. The van der Waals surface area contributed by atoms with Crippen molar-refractivity contribution < 1.29 is 0 Å². The highest BCUT2D eigenvalue weighted by Crippen LogP contribution is 2.43. The monoisotopic (exact) mass is 342 g/mol. The first-order valence-electron chi connectivity index (χ1n) is 7.11. The van der Waals surface area contributed by atoms with E-state index < -0.39 is 0 Å². The van der Waals surface area contributed by atoms with Gasteiger partial charge in [-0.05, 0) is 78.3 Å². The lowest BCUT2D eigenvalue weighted by atomic mass is 9.84. The molecule has 0 spiro atoms. The molecule has 2 unspecified atom stereocenters. The summed E-state index contributed by atoms with van der Waals surface area (Å²) in [6.45, 7) is 1.99. The predicted octanol–water partition coefficient (Wildman–Crippen LogP) is 3.98. The molecule has 2 aliphatic rings. The van der Waals surface area contributed by atoms with Crippen LogP contribution in [0.4, 0.5) is 0 Å². The van der Waals surface area contributed by atoms with Crippen molar-refractivity contribution in [2.75, 3.05) is 13.1 Å². The minimum Gasteiger partial charge on any atom is -0.330 e. The van der Waals surface area contributed by atoms with Crippen LogP contribution in [0.15, 0.2) is 22.7 Å². The third-order valence-corrected chi connectivity index (χ3v) is 5.61. The summed E-state index contributed by atoms with van der Waals surface area (Å²) in [7, 11) is 0. The lowest BCUT2D eigenvalue weighted by molar-refractivity contribution is 0.0879. The first-order chi connectivity index (χ1) is 9.20. The van der Waals surface area contributed by atoms with Crippen LogP contribution in [-0.2, 0) is 0 Å². The van der Waals surface area contributed by atoms with E-state index in [1.807, 2.05) is 6.07 Å². The Morgan fingerprint density at radius 2 is 2.11 bits per heavy atom. The summed E-state index contributed by atoms with van der Waals surface area (Å²) < 4.78 is 0.990. The summed E-state index contributed by atoms with van der Waals surface area (Å²) in [5.41, 5.74) is 7.38. The van der Waals surface area contributed by atoms with Crippen LogP contribution in [-0.4, -0.2) is 24.0 Å². The Morgan fingerprint density at radius 3 is 2.74 bits per heavy atom. The van der Waals surface area contributed by atoms with E-state index >= 15 is 0 Å². The van der Waals surface area contributed by atoms with Crippen LogP contribution >= 0.6 is 27.5 Å². The molecule has 1 saturated carbocycles. The van der Waals surface area contributed by atoms with Crippen LogP contribution in [0, 0.1) is 5.92 Å². The average Bonchev–Trinajstić information content (AvgIpc) is 3.25. The Balaban J connectivity index is 1.93. The highest BCUT2D eigenvalue weighted by molar-refractivity contribution is 9.10. The standard InChI is InChI=1S/C15H20BrClN2/c16-13-8-10(3-6-14(13)17)15-11(9-18)2-1-7-19(15)12-4-5-12/h3,6,8,11-12,15H,1-2,4-5,7,9,18H2. The summed E-state index contributed by atoms with van der Waals surface area (Å²) in [5, 5.41) is 0.779. The van der Waals surface area contributed by atoms with Gasteiger partial charge in [-0.1, -0.05) is 17.7 Å². The number of benzene rings is 1. The van der Waals surface area contributed by atoms with E-state index in [4.69, 9.17) is 17.3 Å². The zero-order valence-corrected chi connectivity index (χ0v) is 13.3. The quantitative estimate of drug-likeness (QED) is 0.899. The fourth-order valence-electron chi connectivity index (χ4n) is 3.33. The molecule has 0 bridgehead atoms. The van der Waals surface area contributed by atoms with Gasteiger partial charge in [0.15, 0.2) is 0 Å². The highest BCUT2D eigenvalue weighted by Gasteiger charge is 2.40. The molecule has 3 rings (SSSR count). The van der Waals surface area contributed by atoms with E-state index in [-0.39, 0.29) is 0 Å². The molecule has 1 aliphatic carbocycles. The van der Waals surface area contributed by atoms with Gasteiger partial charge in [-0.15, -0.1) is 0 Å². The summed E-state index contributed by atoms with van der Waals surface area (Å²) >= 11 is 9.66. The fraction of sp³-hybridized carbons (Fsp3) is 0.600. The number of hydrogen-bond donors (Lipinski definition) is 1. The van der Waals surface area contributed by atoms with Gasteiger partial charge in [0.25, 0.3) is 0 Å². The third-order valence-electron chi connectivity index (χ3n) is 4.40. The van der Waals surface area contributed by atoms with Crippen LogP contribution in [0.2, 0.25) is 5.02 Å². The number of nitrogens with zero attached hydrogens (tertiary/aromatic N) is 1. The molecule has 2 fully saturated rings. The second kappa shape index (κ2) is 5.72. The van der Waals surface area contributed by atoms with Gasteiger partial charge >= 0.3 is 0 Å². The van der Waals surface area contributed by atoms with Gasteiger partial charge in [-0.2, -0.15) is 0 Å². The van der Waals surface area contributed by atoms with Gasteiger partial charge in [0.1, 0.15) is 0 Å². The van der Waals surface area contributed by atoms with Crippen LogP contribution in [0.25, 0.3) is 0 Å². The molecule has 2 N–H and O–H groups in total. The molecular weight excluding hydrogens is 324 g/mol. The number of nitrogens with two attached hydrogens (primary N) is 1. The normalized spacial score (nSPS) is 28.6. The average molecular weight is 344 g/mol. The SMILES string of the molecule is NCC1CCCN(C2CC2)C1c1ccc(Cl)c(Br)c1. The largest absolute Gasteiger partial charge is 0.330 e. The van der Waals surface area contributed by atoms with E-state index in [0.29, 0.717) is 12.0 Å². The number of rotatable bonds is 3. The lowest BCUT2D eigenvalue weighted by Gasteiger charge is -2.41. The molecule has 1 aliphatic heterocycles. The van der Waals surface area contributed by atoms with E-state index in [2.05, 4.69) is 33.0 Å². The van der Waals surface area contributed by atoms with Crippen molar-refractivity contribution in [1.82, 2.24) is 4.90 Å². The predicted molar refractivity (Wildman–Crippen MR) is 83.4 cm³/mol. The van der Waals surface area contributed by atoms with Gasteiger partial charge in [-0.3, -0.25) is 4.90 Å². The summed E-state index contributed by atoms with van der Waals surface area (Å²) in [4.78, 5) is 2.68. The van der Waals surface area contributed by atoms with Crippen molar-refractivity contribution >= 4 is 27.5 Å². The maximum Gasteiger partial charge on any atom is 0.0548 e. The second-order valence-corrected chi connectivity index (χ2v) is 6.99. The zero-order valence-electron chi connectivity index (χ0n) is 11.0. The summed E-state index contributed by atoms with van der Waals surface area (Å²) in [6, 6.07) is 7.60. The van der Waals surface area contributed by atoms with Crippen molar-refractivity contribution in [3.8, 4) is 0 Å². The summed E-state index contributed by atoms with van der Waals surface area (Å²) in [6.07, 6.45) is 5.22. The number of hydrogen-bond acceptors (Lipinski definition) is 2. The Labute approximate surface area is 128 Å². The second-order valence-electron chi connectivity index (χ2n) is 5.73. The molecule has 1 aromatic rings. The Morgan fingerprint density at radius 1 is 1.32 bits per heavy atom. The van der Waals surface area contributed by atoms with Gasteiger partial charge in [0.2, 0.25) is 0 Å². The minimum atomic E-state index is 0.472. The van der Waals surface area contributed by atoms with E-state index in [1.165, 1.54) is 37.8 Å². The molecule has 19 heavy (non-hydrogen) atoms. The smallest absolute Gasteiger partial charge is 0.0548 e. The molecule has 2 atom stereocenters. The van der Waals surface area contributed by atoms with E-state index in [1.54, 1.807) is 0 Å². The number of likely N-dealkylation sites (tertiary alicyclic amines) is 1. The van der Waals surface area contributed by atoms with Crippen LogP contribution in [0.5, 0.6) is 0 Å². The number of halogens is 2. The van der Waals surface area contributed by atoms with Crippen molar-refractivity contribution in [1.29, 1.82) is 0 Å². The van der Waals surface area contributed by atoms with Gasteiger partial charge in [-0.25, -0.2) is 0 Å². The topological polar surface area (TPSA) is 29.3 Å². The maximum absolute atomic E-state index is 6.12. The molecule has 0 radical (unpaired) electrons. The minimum absolute atomic E-state index is 0.472. The van der Waals surface area contributed by atoms with Gasteiger partial charge in [0, 0.05) is 16.6 Å². The Hall–Kier alpha value is -0.0900. The zero-order chi connectivity index (χ0) is 13.4. The van der Waals surface area contributed by atoms with Crippen molar-refractivity contribution in [2.24, 2.45) is 11.7 Å². The van der Waals surface area contributed by atoms with Crippen LogP contribution in [0.3, 0.4) is 0 Å². The molecule has 1 heterocycles. The first-order valence-corrected chi connectivity index (χ1v) is 8.28. The number of piperidine rings is 1. The maximum atomic E-state index is 6.12. The van der Waals surface area contributed by atoms with E-state index in [0.717, 1.165) is 22.1 Å².